The molecular formula is C19H22ClN3OS. The molecule has 0 radical (unpaired) electrons. The van der Waals surface area contributed by atoms with Crippen LogP contribution in [0.1, 0.15) is 19.4 Å². The van der Waals surface area contributed by atoms with Gasteiger partial charge in [-0.2, -0.15) is 0 Å². The Bertz CT molecular complexity index is 779. The van der Waals surface area contributed by atoms with Crippen LogP contribution in [0.3, 0.4) is 0 Å². The Morgan fingerprint density at radius 2 is 2.08 bits per heavy atom. The van der Waals surface area contributed by atoms with Gasteiger partial charge < -0.3 is 5.32 Å². The normalized spacial score (nSPS) is 17.7. The Hall–Kier alpha value is -1.82. The van der Waals surface area contributed by atoms with Crippen LogP contribution < -0.4 is 10.5 Å². The van der Waals surface area contributed by atoms with Gasteiger partial charge in [0.15, 0.2) is 0 Å². The van der Waals surface area contributed by atoms with Gasteiger partial charge in [0.2, 0.25) is 5.91 Å². The van der Waals surface area contributed by atoms with Crippen molar-refractivity contribution in [3.05, 3.63) is 69.3 Å². The van der Waals surface area contributed by atoms with Crippen molar-refractivity contribution in [1.29, 1.82) is 0 Å². The molecule has 3 N–H and O–H groups in total. The molecule has 0 atom stereocenters. The lowest BCUT2D eigenvalue weighted by Gasteiger charge is -2.19. The first-order valence-electron chi connectivity index (χ1n) is 7.97. The lowest BCUT2D eigenvalue weighted by Crippen LogP contribution is -2.26. The summed E-state index contributed by atoms with van der Waals surface area (Å²) in [6.07, 6.45) is 6.06. The second kappa shape index (κ2) is 9.04. The lowest BCUT2D eigenvalue weighted by atomic mass is 9.99. The summed E-state index contributed by atoms with van der Waals surface area (Å²) in [7, 11) is 1.73. The van der Waals surface area contributed by atoms with Gasteiger partial charge in [0.05, 0.1) is 12.1 Å². The molecule has 0 fully saturated rings. The Morgan fingerprint density at radius 3 is 2.68 bits per heavy atom. The van der Waals surface area contributed by atoms with Gasteiger partial charge in [0, 0.05) is 28.2 Å². The van der Waals surface area contributed by atoms with Crippen molar-refractivity contribution in [2.24, 2.45) is 16.0 Å². The minimum Gasteiger partial charge on any atom is -0.326 e. The Labute approximate surface area is 158 Å². The predicted molar refractivity (Wildman–Crippen MR) is 108 cm³/mol. The van der Waals surface area contributed by atoms with Crippen molar-refractivity contribution in [3.8, 4) is 0 Å². The van der Waals surface area contributed by atoms with Gasteiger partial charge in [-0.15, -0.1) is 0 Å². The zero-order valence-electron chi connectivity index (χ0n) is 14.5. The van der Waals surface area contributed by atoms with E-state index in [1.54, 1.807) is 13.1 Å². The van der Waals surface area contributed by atoms with Gasteiger partial charge in [-0.05, 0) is 41.6 Å². The summed E-state index contributed by atoms with van der Waals surface area (Å²) >= 11 is 7.27. The number of carbonyl (C=O) groups excluding carboxylic acids is 1. The molecule has 2 rings (SSSR count). The van der Waals surface area contributed by atoms with Crippen LogP contribution in [0.5, 0.6) is 0 Å². The molecule has 0 heterocycles. The van der Waals surface area contributed by atoms with E-state index in [2.05, 4.69) is 30.2 Å². The molecule has 4 nitrogen and oxygen atoms in total. The molecule has 1 aliphatic carbocycles. The van der Waals surface area contributed by atoms with Crippen LogP contribution in [0.15, 0.2) is 63.7 Å². The number of benzene rings is 1. The number of hydrogen-bond acceptors (Lipinski definition) is 4. The second-order valence-electron chi connectivity index (χ2n) is 5.98. The van der Waals surface area contributed by atoms with Crippen molar-refractivity contribution in [1.82, 2.24) is 5.32 Å². The molecule has 1 aromatic rings. The molecule has 0 spiro atoms. The fraction of sp³-hybridized carbons (Fsp3) is 0.263. The summed E-state index contributed by atoms with van der Waals surface area (Å²) in [5.74, 6) is 0.232. The quantitative estimate of drug-likeness (QED) is 0.763. The van der Waals surface area contributed by atoms with E-state index in [0.29, 0.717) is 16.6 Å². The molecule has 1 aromatic carbocycles. The lowest BCUT2D eigenvalue weighted by molar-refractivity contribution is -0.119. The Morgan fingerprint density at radius 1 is 1.36 bits per heavy atom. The summed E-state index contributed by atoms with van der Waals surface area (Å²) in [6, 6.07) is 7.32. The monoisotopic (exact) mass is 375 g/mol. The SMILES string of the molecule is C/N=C1/C=C(NC(=O)Cc2ccccc2Cl)C=C(SN)/C1=C/C(C)C. The summed E-state index contributed by atoms with van der Waals surface area (Å²) in [5, 5.41) is 9.31. The Balaban J connectivity index is 2.19. The van der Waals surface area contributed by atoms with E-state index in [4.69, 9.17) is 16.7 Å². The van der Waals surface area contributed by atoms with Crippen LogP contribution in [0.2, 0.25) is 5.02 Å². The van der Waals surface area contributed by atoms with Gasteiger partial charge in [-0.1, -0.05) is 49.7 Å². The average molecular weight is 376 g/mol. The number of amides is 1. The van der Waals surface area contributed by atoms with Crippen LogP contribution >= 0.6 is 23.5 Å². The van der Waals surface area contributed by atoms with Crippen molar-refractivity contribution in [2.45, 2.75) is 20.3 Å². The zero-order chi connectivity index (χ0) is 18.4. The number of nitrogens with two attached hydrogens (primary N) is 1. The third kappa shape index (κ3) is 5.33. The van der Waals surface area contributed by atoms with Crippen LogP contribution in [0.4, 0.5) is 0 Å². The fourth-order valence-corrected chi connectivity index (χ4v) is 3.18. The van der Waals surface area contributed by atoms with Crippen LogP contribution in [-0.2, 0) is 11.2 Å². The molecular weight excluding hydrogens is 354 g/mol. The Kier molecular flexibility index (Phi) is 7.05. The van der Waals surface area contributed by atoms with E-state index in [9.17, 15) is 4.79 Å². The molecule has 132 valence electrons. The van der Waals surface area contributed by atoms with Gasteiger partial charge in [-0.25, -0.2) is 0 Å². The summed E-state index contributed by atoms with van der Waals surface area (Å²) in [6.45, 7) is 4.20. The van der Waals surface area contributed by atoms with Crippen molar-refractivity contribution < 1.29 is 4.79 Å². The number of carbonyl (C=O) groups is 1. The number of hydrogen-bond donors (Lipinski definition) is 2. The number of rotatable bonds is 5. The molecule has 0 bridgehead atoms. The van der Waals surface area contributed by atoms with Gasteiger partial charge in [-0.3, -0.25) is 14.9 Å². The molecule has 25 heavy (non-hydrogen) atoms. The highest BCUT2D eigenvalue weighted by molar-refractivity contribution is 8.01. The number of allylic oxidation sites excluding steroid dienone is 4. The largest absolute Gasteiger partial charge is 0.326 e. The minimum atomic E-state index is -0.135. The topological polar surface area (TPSA) is 67.5 Å². The number of nitrogens with one attached hydrogen (secondary N) is 1. The highest BCUT2D eigenvalue weighted by atomic mass is 35.5. The smallest absolute Gasteiger partial charge is 0.228 e. The third-order valence-corrected chi connectivity index (χ3v) is 4.54. The highest BCUT2D eigenvalue weighted by Gasteiger charge is 2.18. The fourth-order valence-electron chi connectivity index (χ4n) is 2.49. The van der Waals surface area contributed by atoms with E-state index < -0.39 is 0 Å². The molecule has 1 amide bonds. The third-order valence-electron chi connectivity index (χ3n) is 3.58. The number of aliphatic imine (C=N–C) groups is 1. The van der Waals surface area contributed by atoms with Crippen molar-refractivity contribution in [2.75, 3.05) is 7.05 Å². The van der Waals surface area contributed by atoms with Crippen LogP contribution in [-0.4, -0.2) is 18.7 Å². The maximum absolute atomic E-state index is 12.3. The van der Waals surface area contributed by atoms with Gasteiger partial charge >= 0.3 is 0 Å². The number of halogens is 1. The standard InChI is InChI=1S/C19H22ClN3OS/c1-12(2)8-15-17(22-3)10-14(11-18(15)25-21)23-19(24)9-13-6-4-5-7-16(13)20/h4-8,10-12H,9,21H2,1-3H3,(H,23,24)/b15-8+,22-17-. The highest BCUT2D eigenvalue weighted by Crippen LogP contribution is 2.28. The van der Waals surface area contributed by atoms with Crippen LogP contribution in [0.25, 0.3) is 0 Å². The molecule has 0 unspecified atom stereocenters. The van der Waals surface area contributed by atoms with E-state index in [1.165, 1.54) is 0 Å². The maximum atomic E-state index is 12.3. The summed E-state index contributed by atoms with van der Waals surface area (Å²) in [4.78, 5) is 17.6. The predicted octanol–water partition coefficient (Wildman–Crippen LogP) is 4.04. The molecule has 0 saturated heterocycles. The molecule has 6 heteroatoms. The second-order valence-corrected chi connectivity index (χ2v) is 7.06. The van der Waals surface area contributed by atoms with Crippen LogP contribution in [0, 0.1) is 5.92 Å². The zero-order valence-corrected chi connectivity index (χ0v) is 16.1. The van der Waals surface area contributed by atoms with E-state index >= 15 is 0 Å². The molecule has 0 aliphatic heterocycles. The van der Waals surface area contributed by atoms with Gasteiger partial charge in [0.1, 0.15) is 0 Å². The van der Waals surface area contributed by atoms with Crippen molar-refractivity contribution in [3.63, 3.8) is 0 Å². The molecule has 1 aliphatic rings. The average Bonchev–Trinajstić information content (AvgIpc) is 2.57. The maximum Gasteiger partial charge on any atom is 0.228 e. The summed E-state index contributed by atoms with van der Waals surface area (Å²) < 4.78 is 0. The first-order valence-corrected chi connectivity index (χ1v) is 9.23. The van der Waals surface area contributed by atoms with E-state index in [1.807, 2.05) is 30.4 Å². The number of nitrogens with zero attached hydrogens (tertiary/aromatic N) is 1. The first-order chi connectivity index (χ1) is 11.9. The molecule has 0 saturated carbocycles. The van der Waals surface area contributed by atoms with Crippen molar-refractivity contribution >= 4 is 35.2 Å². The van der Waals surface area contributed by atoms with E-state index in [0.717, 1.165) is 33.7 Å². The minimum absolute atomic E-state index is 0.135. The first kappa shape index (κ1) is 19.5. The summed E-state index contributed by atoms with van der Waals surface area (Å²) in [5.41, 5.74) is 3.26. The van der Waals surface area contributed by atoms with E-state index in [-0.39, 0.29) is 12.3 Å². The van der Waals surface area contributed by atoms with Gasteiger partial charge in [0.25, 0.3) is 0 Å². The molecule has 0 aromatic heterocycles.